The molecule has 1 aromatic rings. The van der Waals surface area contributed by atoms with Crippen LogP contribution in [0, 0.1) is 5.41 Å². The Balaban J connectivity index is 0.000000921. The standard InChI is InChI=1S/C10H11N3.C2H6/c1-8(2)3-9(4-11)10-5-12-7-13-6-10;1-2/h3-7,11H,1H2,2H3;1-2H3/b9-3+,11-4?;. The maximum absolute atomic E-state index is 7.20. The molecular weight excluding hydrogens is 186 g/mol. The van der Waals surface area contributed by atoms with Gasteiger partial charge in [0, 0.05) is 29.7 Å². The molecule has 1 aromatic heterocycles. The molecule has 1 rings (SSSR count). The van der Waals surface area contributed by atoms with Crippen LogP contribution in [0.1, 0.15) is 26.3 Å². The molecule has 0 saturated carbocycles. The van der Waals surface area contributed by atoms with E-state index in [-0.39, 0.29) is 0 Å². The number of aromatic nitrogens is 2. The van der Waals surface area contributed by atoms with E-state index in [0.717, 1.165) is 16.7 Å². The number of nitrogens with zero attached hydrogens (tertiary/aromatic N) is 2. The van der Waals surface area contributed by atoms with Gasteiger partial charge < -0.3 is 5.41 Å². The summed E-state index contributed by atoms with van der Waals surface area (Å²) in [5, 5.41) is 7.20. The minimum Gasteiger partial charge on any atom is -0.308 e. The zero-order chi connectivity index (χ0) is 11.7. The Morgan fingerprint density at radius 1 is 1.33 bits per heavy atom. The molecule has 0 aliphatic heterocycles. The second-order valence-corrected chi connectivity index (χ2v) is 2.72. The Hall–Kier alpha value is -1.77. The fourth-order valence-corrected chi connectivity index (χ4v) is 0.922. The summed E-state index contributed by atoms with van der Waals surface area (Å²) in [6.45, 7) is 9.63. The van der Waals surface area contributed by atoms with Crippen LogP contribution in [0.15, 0.2) is 36.9 Å². The number of rotatable bonds is 3. The average molecular weight is 203 g/mol. The van der Waals surface area contributed by atoms with Gasteiger partial charge in [-0.15, -0.1) is 0 Å². The van der Waals surface area contributed by atoms with Gasteiger partial charge in [-0.1, -0.05) is 32.1 Å². The van der Waals surface area contributed by atoms with Crippen LogP contribution >= 0.6 is 0 Å². The number of allylic oxidation sites excluding steroid dienone is 3. The minimum absolute atomic E-state index is 0.771. The van der Waals surface area contributed by atoms with Crippen molar-refractivity contribution in [3.8, 4) is 0 Å². The summed E-state index contributed by atoms with van der Waals surface area (Å²) in [5.41, 5.74) is 2.51. The Kier molecular flexibility index (Phi) is 6.72. The summed E-state index contributed by atoms with van der Waals surface area (Å²) in [5.74, 6) is 0. The van der Waals surface area contributed by atoms with Crippen molar-refractivity contribution in [2.45, 2.75) is 20.8 Å². The highest BCUT2D eigenvalue weighted by atomic mass is 14.8. The van der Waals surface area contributed by atoms with Crippen LogP contribution in [-0.4, -0.2) is 16.2 Å². The number of hydrogen-bond acceptors (Lipinski definition) is 3. The van der Waals surface area contributed by atoms with Crippen LogP contribution in [0.4, 0.5) is 0 Å². The highest BCUT2D eigenvalue weighted by Crippen LogP contribution is 2.10. The summed E-state index contributed by atoms with van der Waals surface area (Å²) in [6, 6.07) is 0. The van der Waals surface area contributed by atoms with Gasteiger partial charge in [-0.2, -0.15) is 0 Å². The second kappa shape index (κ2) is 7.62. The van der Waals surface area contributed by atoms with Gasteiger partial charge in [0.15, 0.2) is 0 Å². The highest BCUT2D eigenvalue weighted by Gasteiger charge is 1.97. The first-order valence-electron chi connectivity index (χ1n) is 4.87. The fourth-order valence-electron chi connectivity index (χ4n) is 0.922. The van der Waals surface area contributed by atoms with E-state index in [1.807, 2.05) is 26.8 Å². The predicted octanol–water partition coefficient (Wildman–Crippen LogP) is 3.11. The average Bonchev–Trinajstić information content (AvgIpc) is 2.29. The van der Waals surface area contributed by atoms with E-state index in [2.05, 4.69) is 16.5 Å². The lowest BCUT2D eigenvalue weighted by molar-refractivity contribution is 1.16. The van der Waals surface area contributed by atoms with Crippen LogP contribution in [0.2, 0.25) is 0 Å². The fraction of sp³-hybridized carbons (Fsp3) is 0.250. The van der Waals surface area contributed by atoms with Gasteiger partial charge >= 0.3 is 0 Å². The minimum atomic E-state index is 0.771. The molecule has 0 fully saturated rings. The molecule has 0 aliphatic rings. The van der Waals surface area contributed by atoms with Gasteiger partial charge in [-0.3, -0.25) is 0 Å². The quantitative estimate of drug-likeness (QED) is 0.606. The molecule has 15 heavy (non-hydrogen) atoms. The van der Waals surface area contributed by atoms with Gasteiger partial charge in [-0.25, -0.2) is 9.97 Å². The van der Waals surface area contributed by atoms with Gasteiger partial charge in [0.2, 0.25) is 0 Å². The van der Waals surface area contributed by atoms with E-state index in [9.17, 15) is 0 Å². The molecular formula is C12H17N3. The molecule has 0 unspecified atom stereocenters. The maximum Gasteiger partial charge on any atom is 0.115 e. The molecule has 1 heterocycles. The van der Waals surface area contributed by atoms with Gasteiger partial charge in [-0.05, 0) is 6.92 Å². The summed E-state index contributed by atoms with van der Waals surface area (Å²) in [7, 11) is 0. The van der Waals surface area contributed by atoms with Gasteiger partial charge in [0.25, 0.3) is 0 Å². The van der Waals surface area contributed by atoms with Crippen molar-refractivity contribution in [1.29, 1.82) is 5.41 Å². The SMILES string of the molecule is C=C(C)/C=C(\C=N)c1cncnc1.CC. The summed E-state index contributed by atoms with van der Waals surface area (Å²) in [4.78, 5) is 7.75. The molecule has 0 radical (unpaired) electrons. The molecule has 80 valence electrons. The Labute approximate surface area is 91.1 Å². The predicted molar refractivity (Wildman–Crippen MR) is 65.0 cm³/mol. The highest BCUT2D eigenvalue weighted by molar-refractivity contribution is 6.08. The van der Waals surface area contributed by atoms with Crippen molar-refractivity contribution in [3.63, 3.8) is 0 Å². The van der Waals surface area contributed by atoms with Crippen molar-refractivity contribution < 1.29 is 0 Å². The maximum atomic E-state index is 7.20. The van der Waals surface area contributed by atoms with Crippen molar-refractivity contribution in [1.82, 2.24) is 9.97 Å². The van der Waals surface area contributed by atoms with Crippen molar-refractivity contribution in [3.05, 3.63) is 42.5 Å². The van der Waals surface area contributed by atoms with E-state index in [1.54, 1.807) is 12.4 Å². The van der Waals surface area contributed by atoms with E-state index in [4.69, 9.17) is 5.41 Å². The third-order valence-corrected chi connectivity index (χ3v) is 1.45. The van der Waals surface area contributed by atoms with E-state index in [1.165, 1.54) is 12.5 Å². The summed E-state index contributed by atoms with van der Waals surface area (Å²) >= 11 is 0. The molecule has 3 nitrogen and oxygen atoms in total. The molecule has 1 N–H and O–H groups in total. The summed E-state index contributed by atoms with van der Waals surface area (Å²) < 4.78 is 0. The normalized spacial score (nSPS) is 9.93. The lowest BCUT2D eigenvalue weighted by Gasteiger charge is -1.98. The Morgan fingerprint density at radius 3 is 2.27 bits per heavy atom. The van der Waals surface area contributed by atoms with E-state index < -0.39 is 0 Å². The van der Waals surface area contributed by atoms with Crippen molar-refractivity contribution in [2.24, 2.45) is 0 Å². The van der Waals surface area contributed by atoms with Crippen molar-refractivity contribution >= 4 is 11.8 Å². The molecule has 0 saturated heterocycles. The van der Waals surface area contributed by atoms with Crippen LogP contribution < -0.4 is 0 Å². The monoisotopic (exact) mass is 203 g/mol. The first-order valence-corrected chi connectivity index (χ1v) is 4.87. The van der Waals surface area contributed by atoms with Crippen molar-refractivity contribution in [2.75, 3.05) is 0 Å². The number of hydrogen-bond donors (Lipinski definition) is 1. The topological polar surface area (TPSA) is 49.6 Å². The van der Waals surface area contributed by atoms with Crippen LogP contribution in [0.25, 0.3) is 5.57 Å². The Bertz CT molecular complexity index is 339. The van der Waals surface area contributed by atoms with Crippen LogP contribution in [0.5, 0.6) is 0 Å². The van der Waals surface area contributed by atoms with E-state index in [0.29, 0.717) is 0 Å². The lowest BCUT2D eigenvalue weighted by Crippen LogP contribution is -1.88. The molecule has 0 aromatic carbocycles. The van der Waals surface area contributed by atoms with Gasteiger partial charge in [0.1, 0.15) is 6.33 Å². The molecule has 0 spiro atoms. The van der Waals surface area contributed by atoms with Gasteiger partial charge in [0.05, 0.1) is 0 Å². The third-order valence-electron chi connectivity index (χ3n) is 1.45. The molecule has 0 bridgehead atoms. The molecule has 3 heteroatoms. The largest absolute Gasteiger partial charge is 0.308 e. The van der Waals surface area contributed by atoms with Crippen LogP contribution in [-0.2, 0) is 0 Å². The second-order valence-electron chi connectivity index (χ2n) is 2.72. The zero-order valence-corrected chi connectivity index (χ0v) is 9.49. The number of nitrogens with one attached hydrogen (secondary N) is 1. The molecule has 0 aliphatic carbocycles. The smallest absolute Gasteiger partial charge is 0.115 e. The molecule has 0 atom stereocenters. The van der Waals surface area contributed by atoms with E-state index >= 15 is 0 Å². The van der Waals surface area contributed by atoms with Crippen LogP contribution in [0.3, 0.4) is 0 Å². The first-order chi connectivity index (χ1) is 7.24. The summed E-state index contributed by atoms with van der Waals surface area (Å²) in [6.07, 6.45) is 7.91. The first kappa shape index (κ1) is 13.2. The lowest BCUT2D eigenvalue weighted by atomic mass is 10.1. The molecule has 0 amide bonds. The zero-order valence-electron chi connectivity index (χ0n) is 9.49. The third kappa shape index (κ3) is 4.86. The Morgan fingerprint density at radius 2 is 1.87 bits per heavy atom.